The third kappa shape index (κ3) is 6.39. The van der Waals surface area contributed by atoms with E-state index in [1.807, 2.05) is 13.8 Å². The number of nitrogens with zero attached hydrogens (tertiary/aromatic N) is 1. The second kappa shape index (κ2) is 10.5. The van der Waals surface area contributed by atoms with Gasteiger partial charge < -0.3 is 9.08 Å². The number of rotatable bonds is 8. The van der Waals surface area contributed by atoms with Crippen molar-refractivity contribution in [1.82, 2.24) is 4.90 Å². The molecule has 0 aliphatic carbocycles. The van der Waals surface area contributed by atoms with E-state index in [9.17, 15) is 30.8 Å². The van der Waals surface area contributed by atoms with Gasteiger partial charge in [-0.25, -0.2) is 4.39 Å². The first kappa shape index (κ1) is 26.2. The van der Waals surface area contributed by atoms with Gasteiger partial charge >= 0.3 is 16.3 Å². The Morgan fingerprint density at radius 3 is 2.26 bits per heavy atom. The molecule has 5 nitrogen and oxygen atoms in total. The van der Waals surface area contributed by atoms with E-state index >= 15 is 0 Å². The van der Waals surface area contributed by atoms with Gasteiger partial charge in [-0.2, -0.15) is 21.6 Å². The largest absolute Gasteiger partial charge is 0.416 e. The smallest absolute Gasteiger partial charge is 0.379 e. The molecule has 0 aliphatic rings. The Labute approximate surface area is 201 Å². The average Bonchev–Trinajstić information content (AvgIpc) is 2.82. The van der Waals surface area contributed by atoms with E-state index < -0.39 is 38.5 Å². The zero-order valence-corrected chi connectivity index (χ0v) is 19.7. The predicted octanol–water partition coefficient (Wildman–Crippen LogP) is 6.05. The van der Waals surface area contributed by atoms with Gasteiger partial charge in [0.2, 0.25) is 0 Å². The number of hydrogen-bond donors (Lipinski definition) is 0. The van der Waals surface area contributed by atoms with E-state index in [1.165, 1.54) is 47.4 Å². The minimum Gasteiger partial charge on any atom is -0.379 e. The predicted molar refractivity (Wildman–Crippen MR) is 122 cm³/mol. The molecule has 35 heavy (non-hydrogen) atoms. The lowest BCUT2D eigenvalue weighted by molar-refractivity contribution is -0.137. The molecule has 0 aromatic heterocycles. The van der Waals surface area contributed by atoms with Crippen LogP contribution in [0.2, 0.25) is 0 Å². The van der Waals surface area contributed by atoms with Crippen LogP contribution in [0.15, 0.2) is 77.7 Å². The van der Waals surface area contributed by atoms with Crippen molar-refractivity contribution >= 4 is 16.0 Å². The topological polar surface area (TPSA) is 63.7 Å². The van der Waals surface area contributed by atoms with E-state index in [4.69, 9.17) is 4.18 Å². The lowest BCUT2D eigenvalue weighted by Crippen LogP contribution is -2.38. The molecule has 10 heteroatoms. The van der Waals surface area contributed by atoms with Gasteiger partial charge in [0.15, 0.2) is 0 Å². The van der Waals surface area contributed by atoms with Crippen LogP contribution in [0.5, 0.6) is 5.75 Å². The van der Waals surface area contributed by atoms with E-state index in [0.29, 0.717) is 18.1 Å². The maximum absolute atomic E-state index is 14.2. The number of hydrogen-bond acceptors (Lipinski definition) is 4. The molecule has 0 radical (unpaired) electrons. The number of carbonyl (C=O) groups excluding carboxylic acids is 1. The summed E-state index contributed by atoms with van der Waals surface area (Å²) in [6.45, 7) is 3.85. The van der Waals surface area contributed by atoms with Gasteiger partial charge in [0.25, 0.3) is 5.91 Å². The Morgan fingerprint density at radius 1 is 1.00 bits per heavy atom. The Morgan fingerprint density at radius 2 is 1.66 bits per heavy atom. The van der Waals surface area contributed by atoms with Crippen molar-refractivity contribution in [2.24, 2.45) is 0 Å². The summed E-state index contributed by atoms with van der Waals surface area (Å²) in [5.74, 6) is -1.22. The van der Waals surface area contributed by atoms with Gasteiger partial charge in [0, 0.05) is 12.6 Å². The second-order valence-corrected chi connectivity index (χ2v) is 9.42. The normalized spacial score (nSPS) is 12.7. The molecule has 3 aromatic rings. The number of halogens is 4. The average molecular weight is 510 g/mol. The zero-order chi connectivity index (χ0) is 25.8. The molecule has 1 amide bonds. The van der Waals surface area contributed by atoms with Gasteiger partial charge in [0.05, 0.1) is 11.1 Å². The van der Waals surface area contributed by atoms with Crippen molar-refractivity contribution in [1.29, 1.82) is 0 Å². The molecule has 3 aromatic carbocycles. The Hall–Kier alpha value is -3.40. The van der Waals surface area contributed by atoms with Crippen molar-refractivity contribution in [2.75, 3.05) is 0 Å². The summed E-state index contributed by atoms with van der Waals surface area (Å²) in [6.07, 6.45) is -4.08. The first-order chi connectivity index (χ1) is 16.4. The minimum atomic E-state index is -4.70. The van der Waals surface area contributed by atoms with Crippen molar-refractivity contribution in [3.8, 4) is 5.75 Å². The van der Waals surface area contributed by atoms with Gasteiger partial charge in [-0.05, 0) is 61.4 Å². The Bertz CT molecular complexity index is 1290. The van der Waals surface area contributed by atoms with Crippen LogP contribution in [0.4, 0.5) is 17.6 Å². The van der Waals surface area contributed by atoms with Crippen molar-refractivity contribution < 1.29 is 35.0 Å². The van der Waals surface area contributed by atoms with Crippen LogP contribution in [0.25, 0.3) is 0 Å². The van der Waals surface area contributed by atoms with Crippen LogP contribution in [-0.2, 0) is 22.8 Å². The number of carbonyl (C=O) groups is 1. The van der Waals surface area contributed by atoms with Gasteiger partial charge in [-0.1, -0.05) is 37.3 Å². The molecule has 3 rings (SSSR count). The summed E-state index contributed by atoms with van der Waals surface area (Å²) < 4.78 is 82.8. The molecule has 0 N–H and O–H groups in total. The third-order valence-corrected chi connectivity index (χ3v) is 6.66. The minimum absolute atomic E-state index is 0.0556. The first-order valence-corrected chi connectivity index (χ1v) is 12.1. The van der Waals surface area contributed by atoms with Crippen molar-refractivity contribution in [3.63, 3.8) is 0 Å². The molecule has 0 aliphatic heterocycles. The molecule has 1 unspecified atom stereocenters. The Balaban J connectivity index is 1.79. The molecule has 0 saturated heterocycles. The van der Waals surface area contributed by atoms with E-state index in [-0.39, 0.29) is 23.9 Å². The first-order valence-electron chi connectivity index (χ1n) is 10.7. The highest BCUT2D eigenvalue weighted by Gasteiger charge is 2.32. The maximum atomic E-state index is 14.2. The molecule has 0 spiro atoms. The Kier molecular flexibility index (Phi) is 7.84. The maximum Gasteiger partial charge on any atom is 0.416 e. The van der Waals surface area contributed by atoms with Crippen molar-refractivity contribution in [3.05, 3.63) is 95.3 Å². The van der Waals surface area contributed by atoms with Crippen LogP contribution in [0.1, 0.15) is 41.8 Å². The van der Waals surface area contributed by atoms with Crippen molar-refractivity contribution in [2.45, 2.75) is 43.9 Å². The highest BCUT2D eigenvalue weighted by Crippen LogP contribution is 2.31. The summed E-state index contributed by atoms with van der Waals surface area (Å²) in [4.78, 5) is 13.9. The fourth-order valence-corrected chi connectivity index (χ4v) is 4.26. The SMILES string of the molecule is CCC(C)N(Cc1ccc(OS(=O)(=O)c2cccc(C(F)(F)F)c2)cc1)C(=O)c1ccccc1F. The fourth-order valence-electron chi connectivity index (χ4n) is 3.29. The number of alkyl halides is 3. The van der Waals surface area contributed by atoms with E-state index in [0.717, 1.165) is 18.2 Å². The molecule has 0 bridgehead atoms. The van der Waals surface area contributed by atoms with Crippen LogP contribution >= 0.6 is 0 Å². The number of benzene rings is 3. The molecular formula is C25H23F4NO4S. The van der Waals surface area contributed by atoms with Crippen LogP contribution < -0.4 is 4.18 Å². The lowest BCUT2D eigenvalue weighted by atomic mass is 10.1. The summed E-state index contributed by atoms with van der Waals surface area (Å²) in [5.41, 5.74) is -0.541. The lowest BCUT2D eigenvalue weighted by Gasteiger charge is -2.29. The van der Waals surface area contributed by atoms with Crippen LogP contribution in [-0.4, -0.2) is 25.3 Å². The second-order valence-electron chi connectivity index (χ2n) is 7.88. The van der Waals surface area contributed by atoms with Gasteiger partial charge in [-0.3, -0.25) is 4.79 Å². The standard InChI is InChI=1S/C25H23F4NO4S/c1-3-17(2)30(24(31)22-9-4-5-10-23(22)26)16-18-11-13-20(14-12-18)34-35(32,33)21-8-6-7-19(15-21)25(27,28)29/h4-15,17H,3,16H2,1-2H3. The molecule has 0 heterocycles. The number of amides is 1. The van der Waals surface area contributed by atoms with Gasteiger partial charge in [0.1, 0.15) is 16.5 Å². The van der Waals surface area contributed by atoms with Crippen LogP contribution in [0.3, 0.4) is 0 Å². The summed E-state index contributed by atoms with van der Waals surface area (Å²) in [6, 6.07) is 14.5. The monoisotopic (exact) mass is 509 g/mol. The summed E-state index contributed by atoms with van der Waals surface area (Å²) in [7, 11) is -4.51. The molecular weight excluding hydrogens is 486 g/mol. The third-order valence-electron chi connectivity index (χ3n) is 5.42. The molecule has 0 fully saturated rings. The fraction of sp³-hybridized carbons (Fsp3) is 0.240. The molecule has 186 valence electrons. The molecule has 0 saturated carbocycles. The summed E-state index contributed by atoms with van der Waals surface area (Å²) in [5, 5.41) is 0. The summed E-state index contributed by atoms with van der Waals surface area (Å²) >= 11 is 0. The van der Waals surface area contributed by atoms with E-state index in [1.54, 1.807) is 6.07 Å². The quantitative estimate of drug-likeness (QED) is 0.274. The van der Waals surface area contributed by atoms with Crippen LogP contribution in [0, 0.1) is 5.82 Å². The van der Waals surface area contributed by atoms with Gasteiger partial charge in [-0.15, -0.1) is 0 Å². The highest BCUT2D eigenvalue weighted by molar-refractivity contribution is 7.87. The van der Waals surface area contributed by atoms with E-state index in [2.05, 4.69) is 0 Å². The highest BCUT2D eigenvalue weighted by atomic mass is 32.2. The molecule has 1 atom stereocenters. The zero-order valence-electron chi connectivity index (χ0n) is 18.9.